The monoisotopic (exact) mass is 327 g/mol. The van der Waals surface area contributed by atoms with Crippen LogP contribution in [0.15, 0.2) is 29.2 Å². The summed E-state index contributed by atoms with van der Waals surface area (Å²) < 4.78 is 40.9. The predicted molar refractivity (Wildman–Crippen MR) is 73.8 cm³/mol. The van der Waals surface area contributed by atoms with Gasteiger partial charge in [0.15, 0.2) is 5.82 Å². The van der Waals surface area contributed by atoms with Crippen LogP contribution in [0.1, 0.15) is 10.8 Å². The highest BCUT2D eigenvalue weighted by molar-refractivity contribution is 7.89. The second kappa shape index (κ2) is 5.13. The first-order valence-electron chi connectivity index (χ1n) is 5.89. The van der Waals surface area contributed by atoms with Crippen LogP contribution < -0.4 is 4.72 Å². The Bertz CT molecular complexity index is 885. The summed E-state index contributed by atoms with van der Waals surface area (Å²) in [6, 6.07) is 4.61. The van der Waals surface area contributed by atoms with Crippen LogP contribution in [0.25, 0.3) is 4.96 Å². The summed E-state index contributed by atoms with van der Waals surface area (Å²) in [5, 5.41) is 12.5. The summed E-state index contributed by atoms with van der Waals surface area (Å²) >= 11 is 1.25. The number of fused-ring (bicyclic) bond motifs is 1. The average molecular weight is 327 g/mol. The van der Waals surface area contributed by atoms with Crippen molar-refractivity contribution in [3.63, 3.8) is 0 Å². The average Bonchev–Trinajstić information content (AvgIpc) is 3.00. The number of aromatic nitrogens is 4. The maximum atomic E-state index is 12.8. The first-order valence-corrected chi connectivity index (χ1v) is 8.18. The number of benzene rings is 1. The van der Waals surface area contributed by atoms with Gasteiger partial charge in [-0.05, 0) is 31.2 Å². The van der Waals surface area contributed by atoms with Crippen LogP contribution in [0.4, 0.5) is 4.39 Å². The van der Waals surface area contributed by atoms with E-state index in [9.17, 15) is 12.8 Å². The minimum atomic E-state index is -3.70. The number of nitrogens with zero attached hydrogens (tertiary/aromatic N) is 4. The summed E-state index contributed by atoms with van der Waals surface area (Å²) in [4.78, 5) is 0.603. The SMILES string of the molecule is Cc1nnc2sc(CNS(=O)(=O)c3ccc(F)cc3)nn12. The van der Waals surface area contributed by atoms with E-state index in [1.807, 2.05) is 0 Å². The quantitative estimate of drug-likeness (QED) is 0.775. The molecule has 1 aromatic carbocycles. The molecular formula is C11H10FN5O2S2. The topological polar surface area (TPSA) is 89.2 Å². The summed E-state index contributed by atoms with van der Waals surface area (Å²) in [5.41, 5.74) is 0. The number of hydrogen-bond donors (Lipinski definition) is 1. The van der Waals surface area contributed by atoms with Crippen molar-refractivity contribution in [3.8, 4) is 0 Å². The van der Waals surface area contributed by atoms with Gasteiger partial charge in [-0.1, -0.05) is 11.3 Å². The lowest BCUT2D eigenvalue weighted by Crippen LogP contribution is -2.23. The highest BCUT2D eigenvalue weighted by atomic mass is 32.2. The van der Waals surface area contributed by atoms with Crippen molar-refractivity contribution in [2.24, 2.45) is 0 Å². The molecule has 0 spiro atoms. The molecule has 2 heterocycles. The predicted octanol–water partition coefficient (Wildman–Crippen LogP) is 1.11. The number of nitrogens with one attached hydrogen (secondary N) is 1. The minimum Gasteiger partial charge on any atom is -0.207 e. The molecular weight excluding hydrogens is 317 g/mol. The van der Waals surface area contributed by atoms with E-state index >= 15 is 0 Å². The van der Waals surface area contributed by atoms with E-state index in [0.717, 1.165) is 12.1 Å². The van der Waals surface area contributed by atoms with Crippen LogP contribution in [-0.2, 0) is 16.6 Å². The molecule has 0 amide bonds. The lowest BCUT2D eigenvalue weighted by atomic mass is 10.4. The lowest BCUT2D eigenvalue weighted by molar-refractivity contribution is 0.579. The van der Waals surface area contributed by atoms with Crippen LogP contribution in [0.2, 0.25) is 0 Å². The molecule has 0 atom stereocenters. The Morgan fingerprint density at radius 2 is 2.00 bits per heavy atom. The van der Waals surface area contributed by atoms with Crippen LogP contribution in [0.5, 0.6) is 0 Å². The highest BCUT2D eigenvalue weighted by Gasteiger charge is 2.16. The smallest absolute Gasteiger partial charge is 0.207 e. The van der Waals surface area contributed by atoms with Crippen LogP contribution in [-0.4, -0.2) is 28.2 Å². The van der Waals surface area contributed by atoms with Gasteiger partial charge in [0.05, 0.1) is 11.4 Å². The Balaban J connectivity index is 1.78. The Hall–Kier alpha value is -1.91. The number of rotatable bonds is 4. The molecule has 0 radical (unpaired) electrons. The van der Waals surface area contributed by atoms with Gasteiger partial charge < -0.3 is 0 Å². The Kier molecular flexibility index (Phi) is 3.43. The molecule has 0 aliphatic heterocycles. The lowest BCUT2D eigenvalue weighted by Gasteiger charge is -2.04. The summed E-state index contributed by atoms with van der Waals surface area (Å²) in [5.74, 6) is 0.145. The van der Waals surface area contributed by atoms with Crippen molar-refractivity contribution in [3.05, 3.63) is 40.9 Å². The maximum absolute atomic E-state index is 12.8. The third-order valence-electron chi connectivity index (χ3n) is 2.73. The number of halogens is 1. The van der Waals surface area contributed by atoms with Gasteiger partial charge in [0.25, 0.3) is 0 Å². The molecule has 0 saturated heterocycles. The third-order valence-corrected chi connectivity index (χ3v) is 5.04. The normalized spacial score (nSPS) is 12.1. The van der Waals surface area contributed by atoms with Gasteiger partial charge in [-0.3, -0.25) is 0 Å². The van der Waals surface area contributed by atoms with Crippen molar-refractivity contribution in [1.29, 1.82) is 0 Å². The molecule has 0 unspecified atom stereocenters. The van der Waals surface area contributed by atoms with Crippen molar-refractivity contribution in [2.45, 2.75) is 18.4 Å². The second-order valence-electron chi connectivity index (χ2n) is 4.22. The van der Waals surface area contributed by atoms with Crippen LogP contribution in [0, 0.1) is 12.7 Å². The molecule has 0 fully saturated rings. The molecule has 10 heteroatoms. The fourth-order valence-electron chi connectivity index (χ4n) is 1.68. The van der Waals surface area contributed by atoms with Crippen LogP contribution >= 0.6 is 11.3 Å². The first-order chi connectivity index (χ1) is 9.95. The van der Waals surface area contributed by atoms with E-state index in [1.54, 1.807) is 11.4 Å². The maximum Gasteiger partial charge on any atom is 0.240 e. The zero-order valence-electron chi connectivity index (χ0n) is 10.8. The summed E-state index contributed by atoms with van der Waals surface area (Å²) in [6.45, 7) is 1.79. The molecule has 0 aliphatic carbocycles. The fourth-order valence-corrected chi connectivity index (χ4v) is 3.58. The molecule has 1 N–H and O–H groups in total. The van der Waals surface area contributed by atoms with Gasteiger partial charge in [-0.15, -0.1) is 10.2 Å². The Morgan fingerprint density at radius 1 is 1.29 bits per heavy atom. The zero-order chi connectivity index (χ0) is 15.0. The van der Waals surface area contributed by atoms with E-state index in [0.29, 0.717) is 15.8 Å². The molecule has 110 valence electrons. The van der Waals surface area contributed by atoms with Gasteiger partial charge in [0, 0.05) is 0 Å². The largest absolute Gasteiger partial charge is 0.240 e. The van der Waals surface area contributed by atoms with Crippen molar-refractivity contribution in [2.75, 3.05) is 0 Å². The molecule has 0 aliphatic rings. The van der Waals surface area contributed by atoms with Crippen molar-refractivity contribution >= 4 is 26.3 Å². The van der Waals surface area contributed by atoms with Gasteiger partial charge in [-0.25, -0.2) is 17.5 Å². The Labute approximate surface area is 123 Å². The molecule has 0 saturated carbocycles. The highest BCUT2D eigenvalue weighted by Crippen LogP contribution is 2.15. The van der Waals surface area contributed by atoms with Gasteiger partial charge >= 0.3 is 0 Å². The van der Waals surface area contributed by atoms with E-state index < -0.39 is 15.8 Å². The van der Waals surface area contributed by atoms with Gasteiger partial charge in [0.1, 0.15) is 10.8 Å². The summed E-state index contributed by atoms with van der Waals surface area (Å²) in [7, 11) is -3.70. The third kappa shape index (κ3) is 2.77. The molecule has 0 bridgehead atoms. The number of hydrogen-bond acceptors (Lipinski definition) is 6. The number of aryl methyl sites for hydroxylation is 1. The zero-order valence-corrected chi connectivity index (χ0v) is 12.4. The molecule has 21 heavy (non-hydrogen) atoms. The van der Waals surface area contributed by atoms with Gasteiger partial charge in [0.2, 0.25) is 15.0 Å². The first kappa shape index (κ1) is 14.0. The van der Waals surface area contributed by atoms with Crippen molar-refractivity contribution < 1.29 is 12.8 Å². The molecule has 3 rings (SSSR count). The molecule has 3 aromatic rings. The standard InChI is InChI=1S/C11H10FN5O2S2/c1-7-14-15-11-17(7)16-10(20-11)6-13-21(18,19)9-4-2-8(12)3-5-9/h2-5,13H,6H2,1H3. The van der Waals surface area contributed by atoms with E-state index in [2.05, 4.69) is 20.0 Å². The number of sulfonamides is 1. The molecule has 2 aromatic heterocycles. The Morgan fingerprint density at radius 3 is 2.67 bits per heavy atom. The van der Waals surface area contributed by atoms with E-state index in [1.165, 1.54) is 23.5 Å². The van der Waals surface area contributed by atoms with Gasteiger partial charge in [-0.2, -0.15) is 9.61 Å². The second-order valence-corrected chi connectivity index (χ2v) is 7.02. The van der Waals surface area contributed by atoms with E-state index in [4.69, 9.17) is 0 Å². The van der Waals surface area contributed by atoms with Crippen LogP contribution in [0.3, 0.4) is 0 Å². The molecule has 7 nitrogen and oxygen atoms in total. The minimum absolute atomic E-state index is 0.00285. The van der Waals surface area contributed by atoms with Crippen molar-refractivity contribution in [1.82, 2.24) is 24.5 Å². The van der Waals surface area contributed by atoms with E-state index in [-0.39, 0.29) is 11.4 Å². The summed E-state index contributed by atoms with van der Waals surface area (Å²) in [6.07, 6.45) is 0. The fraction of sp³-hybridized carbons (Fsp3) is 0.182.